The predicted octanol–water partition coefficient (Wildman–Crippen LogP) is 3.09. The van der Waals surface area contributed by atoms with Crippen molar-refractivity contribution in [3.8, 4) is 0 Å². The van der Waals surface area contributed by atoms with Crippen LogP contribution in [0.2, 0.25) is 39.3 Å². The van der Waals surface area contributed by atoms with Crippen molar-refractivity contribution in [2.45, 2.75) is 46.2 Å². The van der Waals surface area contributed by atoms with Gasteiger partial charge in [-0.1, -0.05) is 73.4 Å². The zero-order valence-electron chi connectivity index (χ0n) is 11.2. The Morgan fingerprint density at radius 2 is 1.33 bits per heavy atom. The zero-order valence-corrected chi connectivity index (χ0v) is 13.2. The van der Waals surface area contributed by atoms with Crippen molar-refractivity contribution in [1.29, 1.82) is 0 Å². The summed E-state index contributed by atoms with van der Waals surface area (Å²) in [5.74, 6) is 0. The lowest BCUT2D eigenvalue weighted by Crippen LogP contribution is -2.46. The maximum Gasteiger partial charge on any atom is 0.0779 e. The third kappa shape index (κ3) is 3.05. The molecule has 0 spiro atoms. The van der Waals surface area contributed by atoms with E-state index in [9.17, 15) is 0 Å². The molecule has 1 rings (SSSR count). The monoisotopic (exact) mass is 236 g/mol. The van der Waals surface area contributed by atoms with Gasteiger partial charge in [0.1, 0.15) is 0 Å². The molecule has 0 aliphatic heterocycles. The summed E-state index contributed by atoms with van der Waals surface area (Å²) in [4.78, 5) is 0. The number of rotatable bonds is 2. The van der Waals surface area contributed by atoms with E-state index >= 15 is 0 Å². The minimum Gasteiger partial charge on any atom is -0.0656 e. The molecule has 0 nitrogen and oxygen atoms in total. The number of hydrogen-bond acceptors (Lipinski definition) is 0. The van der Waals surface area contributed by atoms with Crippen LogP contribution >= 0.6 is 0 Å². The summed E-state index contributed by atoms with van der Waals surface area (Å²) in [6.45, 7) is 16.8. The number of aryl methyl sites for hydroxylation is 1. The molecule has 1 aromatic carbocycles. The first kappa shape index (κ1) is 12.7. The highest BCUT2D eigenvalue weighted by atomic mass is 28.3. The van der Waals surface area contributed by atoms with Gasteiger partial charge in [-0.05, 0) is 6.92 Å². The highest BCUT2D eigenvalue weighted by molar-refractivity contribution is 6.91. The fourth-order valence-electron chi connectivity index (χ4n) is 1.90. The van der Waals surface area contributed by atoms with Gasteiger partial charge in [0, 0.05) is 0 Å². The zero-order chi connectivity index (χ0) is 11.9. The maximum atomic E-state index is 2.49. The third-order valence-corrected chi connectivity index (χ3v) is 7.11. The summed E-state index contributed by atoms with van der Waals surface area (Å²) in [6, 6.07) is 7.15. The van der Waals surface area contributed by atoms with Crippen LogP contribution in [-0.4, -0.2) is 16.1 Å². The van der Waals surface area contributed by atoms with Crippen LogP contribution in [-0.2, 0) is 0 Å². The summed E-state index contributed by atoms with van der Waals surface area (Å²) in [6.07, 6.45) is 0. The van der Waals surface area contributed by atoms with Gasteiger partial charge in [-0.25, -0.2) is 0 Å². The topological polar surface area (TPSA) is 0 Å². The van der Waals surface area contributed by atoms with E-state index in [1.807, 2.05) is 0 Å². The fraction of sp³-hybridized carbons (Fsp3) is 0.538. The van der Waals surface area contributed by atoms with Crippen molar-refractivity contribution < 1.29 is 0 Å². The van der Waals surface area contributed by atoms with Gasteiger partial charge in [0.25, 0.3) is 0 Å². The molecule has 0 amide bonds. The third-order valence-electron chi connectivity index (χ3n) is 2.91. The first-order chi connectivity index (χ1) is 6.62. The molecular formula is C13H24Si2. The minimum absolute atomic E-state index is 1.14. The first-order valence-corrected chi connectivity index (χ1v) is 12.7. The van der Waals surface area contributed by atoms with E-state index in [4.69, 9.17) is 0 Å². The number of hydrogen-bond donors (Lipinski definition) is 0. The van der Waals surface area contributed by atoms with E-state index in [0.717, 1.165) is 0 Å². The lowest BCUT2D eigenvalue weighted by Gasteiger charge is -2.24. The summed E-state index contributed by atoms with van der Waals surface area (Å²) < 4.78 is 0. The van der Waals surface area contributed by atoms with Gasteiger partial charge in [-0.2, -0.15) is 0 Å². The SMILES string of the molecule is Cc1ccc([Si](C)(C)C)cc1[Si](C)(C)C. The summed E-state index contributed by atoms with van der Waals surface area (Å²) >= 11 is 0. The fourth-order valence-corrected chi connectivity index (χ4v) is 5.06. The van der Waals surface area contributed by atoms with Gasteiger partial charge in [0.05, 0.1) is 16.1 Å². The second-order valence-electron chi connectivity index (χ2n) is 6.53. The molecule has 0 aromatic heterocycles. The Hall–Kier alpha value is -0.346. The Bertz CT molecular complexity index is 354. The molecular weight excluding hydrogens is 212 g/mol. The molecule has 0 heterocycles. The molecule has 0 saturated carbocycles. The predicted molar refractivity (Wildman–Crippen MR) is 77.1 cm³/mol. The summed E-state index contributed by atoms with van der Waals surface area (Å²) in [5, 5.41) is 3.24. The van der Waals surface area contributed by atoms with Crippen LogP contribution in [0.4, 0.5) is 0 Å². The Balaban J connectivity index is 3.30. The Morgan fingerprint density at radius 3 is 1.73 bits per heavy atom. The minimum atomic E-state index is -1.17. The van der Waals surface area contributed by atoms with Crippen LogP contribution in [0, 0.1) is 6.92 Å². The molecule has 2 heteroatoms. The first-order valence-electron chi connectivity index (χ1n) is 5.74. The summed E-state index contributed by atoms with van der Waals surface area (Å²) in [5.41, 5.74) is 1.48. The molecule has 0 radical (unpaired) electrons. The van der Waals surface area contributed by atoms with Crippen molar-refractivity contribution >= 4 is 26.5 Å². The molecule has 0 aliphatic rings. The highest BCUT2D eigenvalue weighted by Gasteiger charge is 2.22. The van der Waals surface area contributed by atoms with Crippen molar-refractivity contribution in [2.75, 3.05) is 0 Å². The molecule has 84 valence electrons. The average Bonchev–Trinajstić information content (AvgIpc) is 2.00. The van der Waals surface area contributed by atoms with Crippen LogP contribution < -0.4 is 10.4 Å². The van der Waals surface area contributed by atoms with Crippen LogP contribution in [0.1, 0.15) is 5.56 Å². The molecule has 0 bridgehead atoms. The highest BCUT2D eigenvalue weighted by Crippen LogP contribution is 2.08. The second kappa shape index (κ2) is 3.91. The van der Waals surface area contributed by atoms with Crippen LogP contribution in [0.5, 0.6) is 0 Å². The van der Waals surface area contributed by atoms with Crippen molar-refractivity contribution in [3.63, 3.8) is 0 Å². The van der Waals surface area contributed by atoms with Gasteiger partial charge >= 0.3 is 0 Å². The largest absolute Gasteiger partial charge is 0.0779 e. The van der Waals surface area contributed by atoms with E-state index in [2.05, 4.69) is 64.4 Å². The maximum absolute atomic E-state index is 2.49. The molecule has 0 fully saturated rings. The normalized spacial score (nSPS) is 13.0. The summed E-state index contributed by atoms with van der Waals surface area (Å²) in [7, 11) is -2.31. The van der Waals surface area contributed by atoms with Gasteiger partial charge in [0.15, 0.2) is 0 Å². The van der Waals surface area contributed by atoms with Crippen molar-refractivity contribution in [3.05, 3.63) is 23.8 Å². The van der Waals surface area contributed by atoms with Crippen molar-refractivity contribution in [2.24, 2.45) is 0 Å². The smallest absolute Gasteiger partial charge is 0.0656 e. The van der Waals surface area contributed by atoms with Gasteiger partial charge in [-0.3, -0.25) is 0 Å². The molecule has 0 N–H and O–H groups in total. The average molecular weight is 237 g/mol. The lowest BCUT2D eigenvalue weighted by atomic mass is 10.2. The van der Waals surface area contributed by atoms with E-state index in [1.165, 1.54) is 5.56 Å². The van der Waals surface area contributed by atoms with Crippen LogP contribution in [0.25, 0.3) is 0 Å². The van der Waals surface area contributed by atoms with E-state index in [1.54, 1.807) is 10.4 Å². The molecule has 0 aliphatic carbocycles. The van der Waals surface area contributed by atoms with E-state index in [0.29, 0.717) is 0 Å². The molecule has 0 unspecified atom stereocenters. The molecule has 15 heavy (non-hydrogen) atoms. The van der Waals surface area contributed by atoms with Crippen molar-refractivity contribution in [1.82, 2.24) is 0 Å². The molecule has 0 saturated heterocycles. The lowest BCUT2D eigenvalue weighted by molar-refractivity contribution is 1.49. The molecule has 1 aromatic rings. The molecule has 0 atom stereocenters. The van der Waals surface area contributed by atoms with E-state index in [-0.39, 0.29) is 0 Å². The second-order valence-corrected chi connectivity index (χ2v) is 16.6. The van der Waals surface area contributed by atoms with E-state index < -0.39 is 16.1 Å². The van der Waals surface area contributed by atoms with Gasteiger partial charge in [0.2, 0.25) is 0 Å². The Morgan fingerprint density at radius 1 is 0.800 bits per heavy atom. The van der Waals surface area contributed by atoms with Crippen LogP contribution in [0.3, 0.4) is 0 Å². The van der Waals surface area contributed by atoms with Crippen LogP contribution in [0.15, 0.2) is 18.2 Å². The Kier molecular flexibility index (Phi) is 3.31. The number of benzene rings is 1. The standard InChI is InChI=1S/C13H24Si2/c1-11-8-9-12(14(2,3)4)10-13(11)15(5,6)7/h8-10H,1-7H3. The quantitative estimate of drug-likeness (QED) is 0.692. The van der Waals surface area contributed by atoms with Gasteiger partial charge in [-0.15, -0.1) is 0 Å². The Labute approximate surface area is 96.7 Å². The van der Waals surface area contributed by atoms with Gasteiger partial charge < -0.3 is 0 Å².